The summed E-state index contributed by atoms with van der Waals surface area (Å²) in [7, 11) is 0. The quantitative estimate of drug-likeness (QED) is 0.683. The van der Waals surface area contributed by atoms with Gasteiger partial charge < -0.3 is 0 Å². The first-order valence-corrected chi connectivity index (χ1v) is 5.11. The van der Waals surface area contributed by atoms with Gasteiger partial charge in [-0.3, -0.25) is 9.79 Å². The van der Waals surface area contributed by atoms with Crippen LogP contribution in [-0.4, -0.2) is 12.0 Å². The Morgan fingerprint density at radius 3 is 2.53 bits per heavy atom. The number of Topliss-reactive ketones (excluding diaryl/α,β-unsaturated/α-hetero) is 1. The fourth-order valence-electron chi connectivity index (χ4n) is 1.83. The molecule has 5 heteroatoms. The number of fused-ring (bicyclic) bond motifs is 1. The molecule has 0 aromatic heterocycles. The fourth-order valence-corrected chi connectivity index (χ4v) is 1.83. The maximum Gasteiger partial charge on any atom is 0.417 e. The lowest BCUT2D eigenvalue weighted by Crippen LogP contribution is -2.22. The number of carbonyl (C=O) groups is 1. The first-order chi connectivity index (χ1) is 7.82. The third-order valence-corrected chi connectivity index (χ3v) is 2.77. The van der Waals surface area contributed by atoms with Crippen LogP contribution in [0.4, 0.5) is 18.9 Å². The van der Waals surface area contributed by atoms with Crippen molar-refractivity contribution in [2.24, 2.45) is 10.9 Å². The van der Waals surface area contributed by atoms with E-state index in [1.807, 2.05) is 0 Å². The van der Waals surface area contributed by atoms with Crippen molar-refractivity contribution < 1.29 is 18.0 Å². The van der Waals surface area contributed by atoms with Crippen molar-refractivity contribution in [3.8, 4) is 0 Å². The average molecular weight is 241 g/mol. The number of halogens is 3. The summed E-state index contributed by atoms with van der Waals surface area (Å²) in [6.45, 7) is 3.18. The van der Waals surface area contributed by atoms with Crippen molar-refractivity contribution in [3.05, 3.63) is 28.8 Å². The third-order valence-electron chi connectivity index (χ3n) is 2.77. The Morgan fingerprint density at radius 2 is 1.94 bits per heavy atom. The van der Waals surface area contributed by atoms with Gasteiger partial charge in [-0.1, -0.05) is 13.0 Å². The number of benzene rings is 1. The average Bonchev–Trinajstić information content (AvgIpc) is 2.22. The Bertz CT molecular complexity index is 517. The zero-order valence-corrected chi connectivity index (χ0v) is 9.30. The number of nitrogens with zero attached hydrogens (tertiary/aromatic N) is 1. The summed E-state index contributed by atoms with van der Waals surface area (Å²) in [6, 6.07) is 2.28. The van der Waals surface area contributed by atoms with Gasteiger partial charge in [0.25, 0.3) is 0 Å². The molecule has 0 saturated carbocycles. The largest absolute Gasteiger partial charge is 0.417 e. The van der Waals surface area contributed by atoms with E-state index in [2.05, 4.69) is 4.99 Å². The first-order valence-electron chi connectivity index (χ1n) is 5.11. The summed E-state index contributed by atoms with van der Waals surface area (Å²) >= 11 is 0. The lowest BCUT2D eigenvalue weighted by molar-refractivity contribution is -0.137. The van der Waals surface area contributed by atoms with Crippen molar-refractivity contribution in [1.29, 1.82) is 0 Å². The molecule has 1 aromatic carbocycles. The molecule has 1 aliphatic rings. The molecule has 0 fully saturated rings. The number of ketones is 1. The van der Waals surface area contributed by atoms with Crippen LogP contribution >= 0.6 is 0 Å². The molecule has 2 nitrogen and oxygen atoms in total. The minimum Gasteiger partial charge on any atom is -0.293 e. The van der Waals surface area contributed by atoms with E-state index in [4.69, 9.17) is 0 Å². The number of alkyl halides is 3. The molecule has 0 aliphatic carbocycles. The van der Waals surface area contributed by atoms with Crippen molar-refractivity contribution in [3.63, 3.8) is 0 Å². The molecule has 90 valence electrons. The van der Waals surface area contributed by atoms with Crippen LogP contribution in [0.2, 0.25) is 0 Å². The second-order valence-corrected chi connectivity index (χ2v) is 4.08. The number of hydrogen-bond acceptors (Lipinski definition) is 2. The van der Waals surface area contributed by atoms with E-state index in [-0.39, 0.29) is 11.3 Å². The van der Waals surface area contributed by atoms with Crippen molar-refractivity contribution in [2.75, 3.05) is 0 Å². The number of carbonyl (C=O) groups excluding carboxylic acids is 1. The Morgan fingerprint density at radius 1 is 1.29 bits per heavy atom. The zero-order valence-electron chi connectivity index (χ0n) is 9.30. The van der Waals surface area contributed by atoms with Crippen LogP contribution in [0.5, 0.6) is 0 Å². The Balaban J connectivity index is 2.76. The van der Waals surface area contributed by atoms with Gasteiger partial charge in [0.15, 0.2) is 5.78 Å². The smallest absolute Gasteiger partial charge is 0.293 e. The highest BCUT2D eigenvalue weighted by Gasteiger charge is 2.38. The highest BCUT2D eigenvalue weighted by molar-refractivity contribution is 6.13. The van der Waals surface area contributed by atoms with Crippen molar-refractivity contribution in [2.45, 2.75) is 20.0 Å². The molecule has 0 bridgehead atoms. The number of aryl methyl sites for hydroxylation is 1. The maximum atomic E-state index is 12.8. The Kier molecular flexibility index (Phi) is 2.56. The molecule has 1 aromatic rings. The lowest BCUT2D eigenvalue weighted by atomic mass is 9.90. The number of hydrogen-bond donors (Lipinski definition) is 0. The van der Waals surface area contributed by atoms with Gasteiger partial charge in [-0.05, 0) is 18.6 Å². The summed E-state index contributed by atoms with van der Waals surface area (Å²) in [6.07, 6.45) is -3.14. The molecule has 17 heavy (non-hydrogen) atoms. The van der Waals surface area contributed by atoms with Crippen molar-refractivity contribution in [1.82, 2.24) is 0 Å². The van der Waals surface area contributed by atoms with Crippen LogP contribution in [0.25, 0.3) is 0 Å². The second kappa shape index (κ2) is 3.68. The minimum absolute atomic E-state index is 0.142. The van der Waals surface area contributed by atoms with Gasteiger partial charge in [-0.15, -0.1) is 0 Å². The summed E-state index contributed by atoms with van der Waals surface area (Å²) in [5.74, 6) is -1.13. The van der Waals surface area contributed by atoms with E-state index in [9.17, 15) is 18.0 Å². The van der Waals surface area contributed by atoms with Gasteiger partial charge >= 0.3 is 6.18 Å². The molecule has 0 amide bonds. The van der Waals surface area contributed by atoms with Crippen LogP contribution in [0.3, 0.4) is 0 Å². The lowest BCUT2D eigenvalue weighted by Gasteiger charge is -2.20. The van der Waals surface area contributed by atoms with Crippen LogP contribution < -0.4 is 0 Å². The van der Waals surface area contributed by atoms with Crippen LogP contribution in [-0.2, 0) is 6.18 Å². The van der Waals surface area contributed by atoms with E-state index in [1.165, 1.54) is 19.2 Å². The van der Waals surface area contributed by atoms with E-state index in [1.54, 1.807) is 6.92 Å². The fraction of sp³-hybridized carbons (Fsp3) is 0.333. The highest BCUT2D eigenvalue weighted by atomic mass is 19.4. The topological polar surface area (TPSA) is 29.4 Å². The zero-order chi connectivity index (χ0) is 12.8. The molecule has 0 saturated heterocycles. The van der Waals surface area contributed by atoms with Gasteiger partial charge in [0, 0.05) is 6.21 Å². The normalized spacial score (nSPS) is 19.4. The summed E-state index contributed by atoms with van der Waals surface area (Å²) in [4.78, 5) is 15.8. The summed E-state index contributed by atoms with van der Waals surface area (Å²) < 4.78 is 38.4. The van der Waals surface area contributed by atoms with Crippen LogP contribution in [0, 0.1) is 12.8 Å². The first kappa shape index (κ1) is 11.8. The molecule has 2 rings (SSSR count). The summed E-state index contributed by atoms with van der Waals surface area (Å²) in [5, 5.41) is 0. The molecule has 1 heterocycles. The predicted octanol–water partition coefficient (Wildman–Crippen LogP) is 3.55. The van der Waals surface area contributed by atoms with Gasteiger partial charge in [-0.25, -0.2) is 0 Å². The minimum atomic E-state index is -4.53. The van der Waals surface area contributed by atoms with Gasteiger partial charge in [0.05, 0.1) is 22.7 Å². The van der Waals surface area contributed by atoms with E-state index >= 15 is 0 Å². The van der Waals surface area contributed by atoms with Gasteiger partial charge in [0.1, 0.15) is 0 Å². The number of rotatable bonds is 0. The molecule has 1 atom stereocenters. The third kappa shape index (κ3) is 1.85. The Hall–Kier alpha value is -1.65. The van der Waals surface area contributed by atoms with E-state index < -0.39 is 23.4 Å². The maximum absolute atomic E-state index is 12.8. The second-order valence-electron chi connectivity index (χ2n) is 4.08. The molecule has 1 unspecified atom stereocenters. The van der Waals surface area contributed by atoms with E-state index in [0.29, 0.717) is 5.56 Å². The molecule has 1 aliphatic heterocycles. The standard InChI is InChI=1S/C12H10F3NO/c1-6-3-4-8(12(13,14)15)9-10(6)16-5-7(2)11(9)17/h3-5,7H,1-2H3. The SMILES string of the molecule is Cc1ccc(C(F)(F)F)c2c1N=CC(C)C2=O. The van der Waals surface area contributed by atoms with Gasteiger partial charge in [0.2, 0.25) is 0 Å². The Labute approximate surface area is 96.2 Å². The number of aliphatic imine (C=N–C) groups is 1. The molecule has 0 radical (unpaired) electrons. The molecule has 0 N–H and O–H groups in total. The predicted molar refractivity (Wildman–Crippen MR) is 57.8 cm³/mol. The molecule has 0 spiro atoms. The molecular formula is C12H10F3NO. The summed E-state index contributed by atoms with van der Waals surface area (Å²) in [5.41, 5.74) is -0.480. The van der Waals surface area contributed by atoms with Crippen molar-refractivity contribution >= 4 is 17.7 Å². The monoisotopic (exact) mass is 241 g/mol. The van der Waals surface area contributed by atoms with E-state index in [0.717, 1.165) is 6.07 Å². The highest BCUT2D eigenvalue weighted by Crippen LogP contribution is 2.40. The molecular weight excluding hydrogens is 231 g/mol. The van der Waals surface area contributed by atoms with Crippen LogP contribution in [0.1, 0.15) is 28.4 Å². The van der Waals surface area contributed by atoms with Gasteiger partial charge in [-0.2, -0.15) is 13.2 Å². The van der Waals surface area contributed by atoms with Crippen LogP contribution in [0.15, 0.2) is 17.1 Å².